The van der Waals surface area contributed by atoms with Crippen LogP contribution in [0.15, 0.2) is 0 Å². The summed E-state index contributed by atoms with van der Waals surface area (Å²) in [4.78, 5) is 15.4. The van der Waals surface area contributed by atoms with E-state index in [1.54, 1.807) is 0 Å². The highest BCUT2D eigenvalue weighted by atomic mass is 16.5. The van der Waals surface area contributed by atoms with E-state index in [2.05, 4.69) is 39.0 Å². The summed E-state index contributed by atoms with van der Waals surface area (Å²) < 4.78 is 11.3. The molecule has 0 amide bonds. The summed E-state index contributed by atoms with van der Waals surface area (Å²) in [5, 5.41) is 3.13. The number of ether oxygens (including phenoxy) is 2. The second-order valence-corrected chi connectivity index (χ2v) is 5.58. The normalized spacial score (nSPS) is 22.5. The predicted octanol–water partition coefficient (Wildman–Crippen LogP) is 1.70. The van der Waals surface area contributed by atoms with Crippen molar-refractivity contribution in [2.24, 2.45) is 0 Å². The average Bonchev–Trinajstić information content (AvgIpc) is 2.41. The quantitative estimate of drug-likeness (QED) is 0.886. The molecule has 118 valence electrons. The largest absolute Gasteiger partial charge is 0.461 e. The van der Waals surface area contributed by atoms with E-state index in [1.807, 2.05) is 20.8 Å². The zero-order valence-electron chi connectivity index (χ0n) is 13.5. The molecule has 0 saturated carbocycles. The molecule has 21 heavy (non-hydrogen) atoms. The van der Waals surface area contributed by atoms with Crippen molar-refractivity contribution in [3.63, 3.8) is 0 Å². The van der Waals surface area contributed by atoms with E-state index in [4.69, 9.17) is 9.47 Å². The molecule has 0 aromatic carbocycles. The number of hydrogen-bond acceptors (Lipinski definition) is 7. The van der Waals surface area contributed by atoms with E-state index in [1.165, 1.54) is 0 Å². The van der Waals surface area contributed by atoms with Gasteiger partial charge in [-0.2, -0.15) is 15.0 Å². The Morgan fingerprint density at radius 2 is 2.10 bits per heavy atom. The van der Waals surface area contributed by atoms with Gasteiger partial charge in [-0.1, -0.05) is 0 Å². The lowest BCUT2D eigenvalue weighted by Gasteiger charge is -2.36. The number of rotatable bonds is 5. The third kappa shape index (κ3) is 4.17. The monoisotopic (exact) mass is 295 g/mol. The summed E-state index contributed by atoms with van der Waals surface area (Å²) in [6.07, 6.45) is 0.186. The molecule has 0 aliphatic carbocycles. The van der Waals surface area contributed by atoms with E-state index in [-0.39, 0.29) is 18.2 Å². The van der Waals surface area contributed by atoms with E-state index < -0.39 is 0 Å². The molecule has 2 unspecified atom stereocenters. The van der Waals surface area contributed by atoms with Gasteiger partial charge >= 0.3 is 6.01 Å². The molecule has 2 rings (SSSR count). The molecule has 2 atom stereocenters. The van der Waals surface area contributed by atoms with Crippen LogP contribution in [-0.2, 0) is 4.74 Å². The molecule has 0 bridgehead atoms. The molecule has 1 saturated heterocycles. The second kappa shape index (κ2) is 6.89. The third-order valence-electron chi connectivity index (χ3n) is 3.14. The van der Waals surface area contributed by atoms with Crippen LogP contribution in [0.1, 0.15) is 34.6 Å². The number of hydrogen-bond donors (Lipinski definition) is 1. The molecule has 1 N–H and O–H groups in total. The molecule has 0 spiro atoms. The molecule has 0 radical (unpaired) electrons. The predicted molar refractivity (Wildman–Crippen MR) is 82.0 cm³/mol. The van der Waals surface area contributed by atoms with Crippen LogP contribution in [0, 0.1) is 0 Å². The standard InChI is InChI=1S/C14H25N5O2/c1-6-15-12-16-13(18-14(17-12)21-9(2)3)19-7-11(5)20-8-10(19)4/h9-11H,6-8H2,1-5H3,(H,15,16,17,18). The van der Waals surface area contributed by atoms with Gasteiger partial charge in [0.25, 0.3) is 0 Å². The fourth-order valence-corrected chi connectivity index (χ4v) is 2.16. The lowest BCUT2D eigenvalue weighted by Crippen LogP contribution is -2.48. The van der Waals surface area contributed by atoms with Gasteiger partial charge in [-0.3, -0.25) is 0 Å². The fraction of sp³-hybridized carbons (Fsp3) is 0.786. The van der Waals surface area contributed by atoms with E-state index in [9.17, 15) is 0 Å². The summed E-state index contributed by atoms with van der Waals surface area (Å²) in [5.41, 5.74) is 0. The number of nitrogens with zero attached hydrogens (tertiary/aromatic N) is 4. The number of nitrogens with one attached hydrogen (secondary N) is 1. The Hall–Kier alpha value is -1.63. The van der Waals surface area contributed by atoms with Crippen molar-refractivity contribution >= 4 is 11.9 Å². The van der Waals surface area contributed by atoms with E-state index in [0.717, 1.165) is 13.1 Å². The summed E-state index contributed by atoms with van der Waals surface area (Å²) in [6, 6.07) is 0.585. The fourth-order valence-electron chi connectivity index (χ4n) is 2.16. The summed E-state index contributed by atoms with van der Waals surface area (Å²) in [5.74, 6) is 1.18. The van der Waals surface area contributed by atoms with Gasteiger partial charge < -0.3 is 19.7 Å². The van der Waals surface area contributed by atoms with Crippen LogP contribution >= 0.6 is 0 Å². The third-order valence-corrected chi connectivity index (χ3v) is 3.14. The van der Waals surface area contributed by atoms with Crippen LogP contribution in [0.2, 0.25) is 0 Å². The van der Waals surface area contributed by atoms with Crippen LogP contribution < -0.4 is 15.0 Å². The first-order chi connectivity index (χ1) is 9.99. The Balaban J connectivity index is 2.29. The lowest BCUT2D eigenvalue weighted by atomic mass is 10.2. The minimum atomic E-state index is 0.0239. The van der Waals surface area contributed by atoms with Crippen molar-refractivity contribution in [2.45, 2.75) is 52.9 Å². The molecule has 1 aromatic heterocycles. The van der Waals surface area contributed by atoms with Crippen LogP contribution in [-0.4, -0.2) is 52.9 Å². The van der Waals surface area contributed by atoms with Crippen molar-refractivity contribution < 1.29 is 9.47 Å². The van der Waals surface area contributed by atoms with Crippen LogP contribution in [0.25, 0.3) is 0 Å². The molecular formula is C14H25N5O2. The summed E-state index contributed by atoms with van der Waals surface area (Å²) in [6.45, 7) is 12.3. The number of morpholine rings is 1. The maximum absolute atomic E-state index is 5.65. The minimum Gasteiger partial charge on any atom is -0.461 e. The first-order valence-corrected chi connectivity index (χ1v) is 7.54. The highest BCUT2D eigenvalue weighted by molar-refractivity contribution is 5.40. The maximum Gasteiger partial charge on any atom is 0.323 e. The van der Waals surface area contributed by atoms with Gasteiger partial charge in [-0.15, -0.1) is 0 Å². The Kier molecular flexibility index (Phi) is 5.17. The first kappa shape index (κ1) is 15.8. The Labute approximate surface area is 126 Å². The van der Waals surface area contributed by atoms with Crippen molar-refractivity contribution in [1.29, 1.82) is 0 Å². The lowest BCUT2D eigenvalue weighted by molar-refractivity contribution is 0.0336. The van der Waals surface area contributed by atoms with Crippen LogP contribution in [0.4, 0.5) is 11.9 Å². The molecule has 7 nitrogen and oxygen atoms in total. The number of aromatic nitrogens is 3. The van der Waals surface area contributed by atoms with Gasteiger partial charge in [0, 0.05) is 13.1 Å². The topological polar surface area (TPSA) is 72.4 Å². The smallest absolute Gasteiger partial charge is 0.323 e. The van der Waals surface area contributed by atoms with Crippen molar-refractivity contribution in [3.05, 3.63) is 0 Å². The van der Waals surface area contributed by atoms with E-state index >= 15 is 0 Å². The summed E-state index contributed by atoms with van der Waals surface area (Å²) >= 11 is 0. The van der Waals surface area contributed by atoms with Gasteiger partial charge in [0.1, 0.15) is 0 Å². The molecule has 1 aliphatic heterocycles. The zero-order valence-corrected chi connectivity index (χ0v) is 13.5. The van der Waals surface area contributed by atoms with Crippen LogP contribution in [0.3, 0.4) is 0 Å². The van der Waals surface area contributed by atoms with Crippen LogP contribution in [0.5, 0.6) is 6.01 Å². The minimum absolute atomic E-state index is 0.0239. The molecule has 1 fully saturated rings. The van der Waals surface area contributed by atoms with Gasteiger partial charge in [0.2, 0.25) is 11.9 Å². The second-order valence-electron chi connectivity index (χ2n) is 5.58. The summed E-state index contributed by atoms with van der Waals surface area (Å²) in [7, 11) is 0. The van der Waals surface area contributed by atoms with Gasteiger partial charge in [0.05, 0.1) is 24.9 Å². The van der Waals surface area contributed by atoms with E-state index in [0.29, 0.717) is 24.5 Å². The van der Waals surface area contributed by atoms with Gasteiger partial charge in [0.15, 0.2) is 0 Å². The molecule has 1 aromatic rings. The zero-order chi connectivity index (χ0) is 15.4. The van der Waals surface area contributed by atoms with Crippen molar-refractivity contribution in [2.75, 3.05) is 29.9 Å². The Morgan fingerprint density at radius 1 is 1.33 bits per heavy atom. The Morgan fingerprint density at radius 3 is 2.76 bits per heavy atom. The molecule has 1 aliphatic rings. The van der Waals surface area contributed by atoms with Gasteiger partial charge in [-0.05, 0) is 34.6 Å². The number of anilines is 2. The highest BCUT2D eigenvalue weighted by Gasteiger charge is 2.26. The molecule has 2 heterocycles. The highest BCUT2D eigenvalue weighted by Crippen LogP contribution is 2.21. The van der Waals surface area contributed by atoms with Gasteiger partial charge in [-0.25, -0.2) is 0 Å². The molecular weight excluding hydrogens is 270 g/mol. The maximum atomic E-state index is 5.65. The Bertz CT molecular complexity index is 469. The van der Waals surface area contributed by atoms with Crippen molar-refractivity contribution in [1.82, 2.24) is 15.0 Å². The first-order valence-electron chi connectivity index (χ1n) is 7.54. The SMILES string of the molecule is CCNc1nc(OC(C)C)nc(N2CC(C)OCC2C)n1. The van der Waals surface area contributed by atoms with Crippen molar-refractivity contribution in [3.8, 4) is 6.01 Å². The average molecular weight is 295 g/mol. The molecule has 7 heteroatoms.